The summed E-state index contributed by atoms with van der Waals surface area (Å²) in [7, 11) is 0. The number of Topliss-reactive ketones (excluding diaryl/α,β-unsaturated/α-hetero) is 1. The number of amides is 2. The standard InChI is InChI=1S/C22H18F3N3O3/c23-22(24,25)15-3-1-4-16(11-15)27-21(31)28-20(14-9-7-13(12-26)8-10-14)19-17(29)5-2-6-18(19)30/h1,3-4,7-11,20,29H,2,5-6H2,(H2,27,28,31). The lowest BCUT2D eigenvalue weighted by Crippen LogP contribution is -2.36. The van der Waals surface area contributed by atoms with Crippen LogP contribution in [-0.2, 0) is 11.0 Å². The van der Waals surface area contributed by atoms with Crippen LogP contribution in [-0.4, -0.2) is 16.9 Å². The molecule has 2 aromatic rings. The second-order valence-corrected chi connectivity index (χ2v) is 6.98. The normalized spacial score (nSPS) is 15.2. The molecule has 1 aliphatic carbocycles. The van der Waals surface area contributed by atoms with Crippen molar-refractivity contribution in [2.75, 3.05) is 5.32 Å². The van der Waals surface area contributed by atoms with Crippen molar-refractivity contribution in [3.8, 4) is 6.07 Å². The molecule has 0 aromatic heterocycles. The molecular weight excluding hydrogens is 411 g/mol. The molecule has 0 fully saturated rings. The number of anilines is 1. The molecule has 0 heterocycles. The molecule has 0 bridgehead atoms. The van der Waals surface area contributed by atoms with E-state index in [2.05, 4.69) is 10.6 Å². The molecule has 3 N–H and O–H groups in total. The van der Waals surface area contributed by atoms with Gasteiger partial charge in [-0.15, -0.1) is 0 Å². The van der Waals surface area contributed by atoms with Crippen molar-refractivity contribution >= 4 is 17.5 Å². The van der Waals surface area contributed by atoms with Crippen molar-refractivity contribution in [3.63, 3.8) is 0 Å². The molecule has 1 unspecified atom stereocenters. The third-order valence-corrected chi connectivity index (χ3v) is 4.81. The molecule has 0 spiro atoms. The molecule has 0 radical (unpaired) electrons. The minimum absolute atomic E-state index is 0.0233. The number of aliphatic hydroxyl groups is 1. The second kappa shape index (κ2) is 8.92. The average Bonchev–Trinajstić information content (AvgIpc) is 2.72. The van der Waals surface area contributed by atoms with Crippen molar-refractivity contribution in [1.29, 1.82) is 5.26 Å². The molecule has 9 heteroatoms. The lowest BCUT2D eigenvalue weighted by Gasteiger charge is -2.25. The number of nitriles is 1. The number of hydrogen-bond donors (Lipinski definition) is 3. The van der Waals surface area contributed by atoms with Crippen LogP contribution >= 0.6 is 0 Å². The third-order valence-electron chi connectivity index (χ3n) is 4.81. The number of nitrogens with zero attached hydrogens (tertiary/aromatic N) is 1. The number of halogens is 3. The highest BCUT2D eigenvalue weighted by Crippen LogP contribution is 2.32. The van der Waals surface area contributed by atoms with Crippen LogP contribution < -0.4 is 10.6 Å². The summed E-state index contributed by atoms with van der Waals surface area (Å²) in [6.07, 6.45) is -3.62. The summed E-state index contributed by atoms with van der Waals surface area (Å²) in [5.41, 5.74) is -0.176. The van der Waals surface area contributed by atoms with Crippen LogP contribution in [0, 0.1) is 11.3 Å². The first-order valence-corrected chi connectivity index (χ1v) is 9.39. The van der Waals surface area contributed by atoms with Crippen LogP contribution in [0.15, 0.2) is 59.9 Å². The predicted molar refractivity (Wildman–Crippen MR) is 106 cm³/mol. The van der Waals surface area contributed by atoms with E-state index < -0.39 is 23.8 Å². The van der Waals surface area contributed by atoms with Crippen LogP contribution in [0.4, 0.5) is 23.7 Å². The Labute approximate surface area is 176 Å². The van der Waals surface area contributed by atoms with E-state index >= 15 is 0 Å². The van der Waals surface area contributed by atoms with Gasteiger partial charge in [-0.2, -0.15) is 18.4 Å². The minimum Gasteiger partial charge on any atom is -0.512 e. The van der Waals surface area contributed by atoms with E-state index in [9.17, 15) is 27.9 Å². The van der Waals surface area contributed by atoms with Crippen LogP contribution in [0.3, 0.4) is 0 Å². The van der Waals surface area contributed by atoms with Gasteiger partial charge in [-0.25, -0.2) is 4.79 Å². The molecule has 2 amide bonds. The fraction of sp³-hybridized carbons (Fsp3) is 0.227. The molecule has 1 atom stereocenters. The Bertz CT molecular complexity index is 1070. The van der Waals surface area contributed by atoms with Gasteiger partial charge in [0.25, 0.3) is 0 Å². The van der Waals surface area contributed by atoms with Crippen LogP contribution in [0.5, 0.6) is 0 Å². The summed E-state index contributed by atoms with van der Waals surface area (Å²) in [6.45, 7) is 0. The number of benzene rings is 2. The monoisotopic (exact) mass is 429 g/mol. The second-order valence-electron chi connectivity index (χ2n) is 6.98. The Morgan fingerprint density at radius 2 is 1.84 bits per heavy atom. The molecule has 3 rings (SSSR count). The lowest BCUT2D eigenvalue weighted by molar-refractivity contribution is -0.137. The maximum Gasteiger partial charge on any atom is 0.416 e. The van der Waals surface area contributed by atoms with Gasteiger partial charge < -0.3 is 15.7 Å². The van der Waals surface area contributed by atoms with Crippen molar-refractivity contribution in [2.45, 2.75) is 31.5 Å². The average molecular weight is 429 g/mol. The van der Waals surface area contributed by atoms with Crippen molar-refractivity contribution in [1.82, 2.24) is 5.32 Å². The molecule has 31 heavy (non-hydrogen) atoms. The van der Waals surface area contributed by atoms with Gasteiger partial charge >= 0.3 is 12.2 Å². The summed E-state index contributed by atoms with van der Waals surface area (Å²) in [4.78, 5) is 25.0. The third kappa shape index (κ3) is 5.22. The van der Waals surface area contributed by atoms with E-state index in [-0.39, 0.29) is 35.6 Å². The minimum atomic E-state index is -4.57. The molecule has 160 valence electrons. The Morgan fingerprint density at radius 3 is 2.45 bits per heavy atom. The van der Waals surface area contributed by atoms with Gasteiger partial charge in [-0.3, -0.25) is 4.79 Å². The maximum absolute atomic E-state index is 12.9. The van der Waals surface area contributed by atoms with Gasteiger partial charge in [0.1, 0.15) is 5.76 Å². The van der Waals surface area contributed by atoms with Crippen molar-refractivity contribution in [3.05, 3.63) is 76.6 Å². The van der Waals surface area contributed by atoms with E-state index in [0.29, 0.717) is 17.5 Å². The Morgan fingerprint density at radius 1 is 1.13 bits per heavy atom. The van der Waals surface area contributed by atoms with Gasteiger partial charge in [0, 0.05) is 18.5 Å². The first-order valence-electron chi connectivity index (χ1n) is 9.39. The number of carbonyl (C=O) groups excluding carboxylic acids is 2. The number of aliphatic hydroxyl groups excluding tert-OH is 1. The zero-order valence-corrected chi connectivity index (χ0v) is 16.2. The first-order chi connectivity index (χ1) is 14.7. The van der Waals surface area contributed by atoms with E-state index in [1.807, 2.05) is 6.07 Å². The van der Waals surface area contributed by atoms with Gasteiger partial charge in [0.15, 0.2) is 5.78 Å². The first kappa shape index (κ1) is 21.9. The van der Waals surface area contributed by atoms with Crippen LogP contribution in [0.1, 0.15) is 42.0 Å². The summed E-state index contributed by atoms with van der Waals surface area (Å²) >= 11 is 0. The SMILES string of the molecule is N#Cc1ccc(C(NC(=O)Nc2cccc(C(F)(F)F)c2)C2=C(O)CCCC2=O)cc1. The fourth-order valence-electron chi connectivity index (χ4n) is 3.32. The number of alkyl halides is 3. The molecule has 0 saturated heterocycles. The summed E-state index contributed by atoms with van der Waals surface area (Å²) in [5, 5.41) is 24.2. The zero-order chi connectivity index (χ0) is 22.6. The van der Waals surface area contributed by atoms with Crippen molar-refractivity contribution < 1.29 is 27.9 Å². The number of allylic oxidation sites excluding steroid dienone is 1. The quantitative estimate of drug-likeness (QED) is 0.636. The number of carbonyl (C=O) groups is 2. The highest BCUT2D eigenvalue weighted by Gasteiger charge is 2.32. The number of urea groups is 1. The summed E-state index contributed by atoms with van der Waals surface area (Å²) < 4.78 is 38.7. The Balaban J connectivity index is 1.89. The molecular formula is C22H18F3N3O3. The van der Waals surface area contributed by atoms with Gasteiger partial charge in [0.05, 0.1) is 28.8 Å². The van der Waals surface area contributed by atoms with Gasteiger partial charge in [-0.1, -0.05) is 18.2 Å². The lowest BCUT2D eigenvalue weighted by atomic mass is 9.87. The van der Waals surface area contributed by atoms with Gasteiger partial charge in [0.2, 0.25) is 0 Å². The molecule has 1 aliphatic rings. The molecule has 6 nitrogen and oxygen atoms in total. The number of rotatable bonds is 4. The highest BCUT2D eigenvalue weighted by molar-refractivity contribution is 5.99. The number of ketones is 1. The number of hydrogen-bond acceptors (Lipinski definition) is 4. The topological polar surface area (TPSA) is 102 Å². The summed E-state index contributed by atoms with van der Waals surface area (Å²) in [6, 6.07) is 10.3. The van der Waals surface area contributed by atoms with Gasteiger partial charge in [-0.05, 0) is 42.3 Å². The van der Waals surface area contributed by atoms with E-state index in [1.54, 1.807) is 0 Å². The number of nitrogens with one attached hydrogen (secondary N) is 2. The highest BCUT2D eigenvalue weighted by atomic mass is 19.4. The maximum atomic E-state index is 12.9. The van der Waals surface area contributed by atoms with E-state index in [4.69, 9.17) is 5.26 Å². The molecule has 0 aliphatic heterocycles. The Hall–Kier alpha value is -3.80. The molecule has 0 saturated carbocycles. The zero-order valence-electron chi connectivity index (χ0n) is 16.2. The predicted octanol–water partition coefficient (Wildman–Crippen LogP) is 5.00. The van der Waals surface area contributed by atoms with E-state index in [1.165, 1.54) is 30.3 Å². The summed E-state index contributed by atoms with van der Waals surface area (Å²) in [5.74, 6) is -0.484. The van der Waals surface area contributed by atoms with Crippen LogP contribution in [0.25, 0.3) is 0 Å². The Kier molecular flexibility index (Phi) is 6.30. The van der Waals surface area contributed by atoms with Crippen molar-refractivity contribution in [2.24, 2.45) is 0 Å². The van der Waals surface area contributed by atoms with Crippen LogP contribution in [0.2, 0.25) is 0 Å². The smallest absolute Gasteiger partial charge is 0.416 e. The van der Waals surface area contributed by atoms with E-state index in [0.717, 1.165) is 18.2 Å². The largest absolute Gasteiger partial charge is 0.512 e. The fourth-order valence-corrected chi connectivity index (χ4v) is 3.32. The molecule has 2 aromatic carbocycles.